The van der Waals surface area contributed by atoms with Crippen LogP contribution in [0.5, 0.6) is 5.75 Å². The predicted molar refractivity (Wildman–Crippen MR) is 104 cm³/mol. The summed E-state index contributed by atoms with van der Waals surface area (Å²) in [5.41, 5.74) is 6.06. The van der Waals surface area contributed by atoms with E-state index in [1.165, 1.54) is 11.1 Å². The maximum Gasteiger partial charge on any atom is 0.193 e. The molecule has 0 unspecified atom stereocenters. The molecule has 1 aliphatic heterocycles. The number of Topliss-reactive ketones (excluding diaryl/α,β-unsaturated/α-hetero) is 1. The van der Waals surface area contributed by atoms with Gasteiger partial charge in [0.15, 0.2) is 5.78 Å². The second kappa shape index (κ2) is 5.54. The molecule has 0 N–H and O–H groups in total. The lowest BCUT2D eigenvalue weighted by atomic mass is 9.68. The van der Waals surface area contributed by atoms with Crippen molar-refractivity contribution in [3.8, 4) is 5.75 Å². The summed E-state index contributed by atoms with van der Waals surface area (Å²) in [5, 5.41) is 0. The van der Waals surface area contributed by atoms with Crippen LogP contribution in [0.2, 0.25) is 0 Å². The zero-order chi connectivity index (χ0) is 18.1. The standard InChI is InChI=1S/C22H19BrO3/c1-22(2)18-9-14(26-15-10-25-11-15)4-6-17(18)21(24)20-16-5-3-13(23)7-12(16)8-19(20)22/h3-7,9,15H,8,10-11H2,1-2H3. The van der Waals surface area contributed by atoms with E-state index in [9.17, 15) is 4.79 Å². The molecule has 2 aromatic carbocycles. The van der Waals surface area contributed by atoms with Crippen molar-refractivity contribution in [2.45, 2.75) is 31.8 Å². The van der Waals surface area contributed by atoms with Crippen molar-refractivity contribution in [3.05, 3.63) is 68.7 Å². The van der Waals surface area contributed by atoms with Gasteiger partial charge in [0.1, 0.15) is 11.9 Å². The van der Waals surface area contributed by atoms with Crippen LogP contribution in [0.3, 0.4) is 0 Å². The lowest BCUT2D eigenvalue weighted by Crippen LogP contribution is -2.38. The molecular formula is C22H19BrO3. The molecule has 26 heavy (non-hydrogen) atoms. The summed E-state index contributed by atoms with van der Waals surface area (Å²) in [6, 6.07) is 12.1. The van der Waals surface area contributed by atoms with Gasteiger partial charge in [-0.2, -0.15) is 0 Å². The van der Waals surface area contributed by atoms with E-state index in [1.807, 2.05) is 24.3 Å². The van der Waals surface area contributed by atoms with Crippen molar-refractivity contribution in [2.75, 3.05) is 13.2 Å². The van der Waals surface area contributed by atoms with Gasteiger partial charge in [-0.25, -0.2) is 0 Å². The fraction of sp³-hybridized carbons (Fsp3) is 0.318. The van der Waals surface area contributed by atoms with E-state index in [0.29, 0.717) is 13.2 Å². The van der Waals surface area contributed by atoms with E-state index in [2.05, 4.69) is 41.9 Å². The second-order valence-electron chi connectivity index (χ2n) is 7.77. The summed E-state index contributed by atoms with van der Waals surface area (Å²) in [7, 11) is 0. The van der Waals surface area contributed by atoms with Gasteiger partial charge in [-0.15, -0.1) is 0 Å². The number of fused-ring (bicyclic) bond motifs is 3. The number of carbonyl (C=O) groups is 1. The highest BCUT2D eigenvalue weighted by molar-refractivity contribution is 9.10. The third-order valence-electron chi connectivity index (χ3n) is 5.81. The first-order valence-electron chi connectivity index (χ1n) is 8.91. The molecule has 0 radical (unpaired) electrons. The molecule has 2 aromatic rings. The number of rotatable bonds is 2. The van der Waals surface area contributed by atoms with Gasteiger partial charge in [-0.05, 0) is 59.0 Å². The van der Waals surface area contributed by atoms with E-state index >= 15 is 0 Å². The number of ketones is 1. The quantitative estimate of drug-likeness (QED) is 0.718. The molecule has 0 bridgehead atoms. The molecule has 0 spiro atoms. The van der Waals surface area contributed by atoms with Crippen LogP contribution in [0.25, 0.3) is 5.57 Å². The zero-order valence-corrected chi connectivity index (χ0v) is 16.4. The molecule has 1 saturated heterocycles. The van der Waals surface area contributed by atoms with Gasteiger partial charge in [0, 0.05) is 21.0 Å². The number of allylic oxidation sites excluding steroid dienone is 2. The van der Waals surface area contributed by atoms with E-state index in [-0.39, 0.29) is 17.3 Å². The molecule has 0 atom stereocenters. The van der Waals surface area contributed by atoms with E-state index in [4.69, 9.17) is 9.47 Å². The van der Waals surface area contributed by atoms with Gasteiger partial charge in [0.05, 0.1) is 13.2 Å². The lowest BCUT2D eigenvalue weighted by Gasteiger charge is -2.35. The maximum absolute atomic E-state index is 13.3. The number of benzene rings is 2. The Bertz CT molecular complexity index is 983. The van der Waals surface area contributed by atoms with Crippen molar-refractivity contribution in [2.24, 2.45) is 0 Å². The van der Waals surface area contributed by atoms with Gasteiger partial charge in [0.25, 0.3) is 0 Å². The summed E-state index contributed by atoms with van der Waals surface area (Å²) in [5.74, 6) is 0.953. The maximum atomic E-state index is 13.3. The molecular weight excluding hydrogens is 392 g/mol. The first-order chi connectivity index (χ1) is 12.4. The highest BCUT2D eigenvalue weighted by atomic mass is 79.9. The smallest absolute Gasteiger partial charge is 0.193 e. The van der Waals surface area contributed by atoms with E-state index in [1.54, 1.807) is 0 Å². The largest absolute Gasteiger partial charge is 0.486 e. The highest BCUT2D eigenvalue weighted by Gasteiger charge is 2.43. The monoisotopic (exact) mass is 410 g/mol. The molecule has 3 nitrogen and oxygen atoms in total. The van der Waals surface area contributed by atoms with Crippen molar-refractivity contribution in [1.29, 1.82) is 0 Å². The molecule has 2 aliphatic carbocycles. The van der Waals surface area contributed by atoms with Gasteiger partial charge in [0.2, 0.25) is 0 Å². The Hall–Kier alpha value is -1.91. The Labute approximate surface area is 161 Å². The van der Waals surface area contributed by atoms with Gasteiger partial charge >= 0.3 is 0 Å². The summed E-state index contributed by atoms with van der Waals surface area (Å²) in [6.45, 7) is 5.70. The molecule has 0 aromatic heterocycles. The van der Waals surface area contributed by atoms with Crippen LogP contribution >= 0.6 is 15.9 Å². The first-order valence-corrected chi connectivity index (χ1v) is 9.70. The normalized spacial score (nSPS) is 20.3. The van der Waals surface area contributed by atoms with Crippen LogP contribution in [0.1, 0.15) is 40.9 Å². The van der Waals surface area contributed by atoms with E-state index in [0.717, 1.165) is 38.9 Å². The predicted octanol–water partition coefficient (Wildman–Crippen LogP) is 4.71. The Balaban J connectivity index is 1.61. The highest BCUT2D eigenvalue weighted by Crippen LogP contribution is 2.50. The second-order valence-corrected chi connectivity index (χ2v) is 8.69. The van der Waals surface area contributed by atoms with Crippen molar-refractivity contribution < 1.29 is 14.3 Å². The van der Waals surface area contributed by atoms with Crippen molar-refractivity contribution >= 4 is 27.3 Å². The lowest BCUT2D eigenvalue weighted by molar-refractivity contribution is -0.0797. The zero-order valence-electron chi connectivity index (χ0n) is 14.8. The number of hydrogen-bond donors (Lipinski definition) is 0. The average molecular weight is 411 g/mol. The van der Waals surface area contributed by atoms with Crippen molar-refractivity contribution in [3.63, 3.8) is 0 Å². The first kappa shape index (κ1) is 16.3. The van der Waals surface area contributed by atoms with Crippen LogP contribution in [0.15, 0.2) is 46.4 Å². The number of carbonyl (C=O) groups excluding carboxylic acids is 1. The fourth-order valence-corrected chi connectivity index (χ4v) is 4.68. The molecule has 3 aliphatic rings. The molecule has 0 saturated carbocycles. The molecule has 5 rings (SSSR count). The van der Waals surface area contributed by atoms with Crippen LogP contribution in [-0.2, 0) is 16.6 Å². The average Bonchev–Trinajstić information content (AvgIpc) is 2.96. The summed E-state index contributed by atoms with van der Waals surface area (Å²) < 4.78 is 12.2. The van der Waals surface area contributed by atoms with Crippen molar-refractivity contribution in [1.82, 2.24) is 0 Å². The summed E-state index contributed by atoms with van der Waals surface area (Å²) >= 11 is 3.55. The number of ether oxygens (including phenoxy) is 2. The van der Waals surface area contributed by atoms with Crippen LogP contribution in [0.4, 0.5) is 0 Å². The number of hydrogen-bond acceptors (Lipinski definition) is 3. The summed E-state index contributed by atoms with van der Waals surface area (Å²) in [6.07, 6.45) is 0.947. The fourth-order valence-electron chi connectivity index (χ4n) is 4.27. The molecule has 1 fully saturated rings. The third-order valence-corrected chi connectivity index (χ3v) is 6.30. The minimum Gasteiger partial charge on any atom is -0.486 e. The van der Waals surface area contributed by atoms with Gasteiger partial charge in [-0.1, -0.05) is 35.8 Å². The van der Waals surface area contributed by atoms with Gasteiger partial charge < -0.3 is 9.47 Å². The third kappa shape index (κ3) is 2.25. The van der Waals surface area contributed by atoms with Crippen LogP contribution in [0, 0.1) is 0 Å². The minimum absolute atomic E-state index is 0.123. The number of halogens is 1. The Morgan fingerprint density at radius 2 is 1.88 bits per heavy atom. The van der Waals surface area contributed by atoms with Gasteiger partial charge in [-0.3, -0.25) is 4.79 Å². The SMILES string of the molecule is CC1(C)C2=C(C(=O)c3ccc(OC4COC4)cc31)c1ccc(Br)cc1C2. The van der Waals surface area contributed by atoms with Crippen LogP contribution < -0.4 is 4.74 Å². The Kier molecular flexibility index (Phi) is 3.47. The molecule has 0 amide bonds. The molecule has 4 heteroatoms. The molecule has 132 valence electrons. The Morgan fingerprint density at radius 1 is 1.12 bits per heavy atom. The summed E-state index contributed by atoms with van der Waals surface area (Å²) in [4.78, 5) is 13.3. The van der Waals surface area contributed by atoms with Crippen LogP contribution in [-0.4, -0.2) is 25.1 Å². The minimum atomic E-state index is -0.209. The Morgan fingerprint density at radius 3 is 2.62 bits per heavy atom. The van der Waals surface area contributed by atoms with E-state index < -0.39 is 0 Å². The topological polar surface area (TPSA) is 35.5 Å². The molecule has 1 heterocycles.